The fourth-order valence-electron chi connectivity index (χ4n) is 1.84. The predicted molar refractivity (Wildman–Crippen MR) is 81.8 cm³/mol. The average Bonchev–Trinajstić information content (AvgIpc) is 2.84. The van der Waals surface area contributed by atoms with Gasteiger partial charge in [-0.25, -0.2) is 0 Å². The van der Waals surface area contributed by atoms with Gasteiger partial charge in [0.05, 0.1) is 15.2 Å². The minimum atomic E-state index is -0.138. The Balaban J connectivity index is 2.21. The van der Waals surface area contributed by atoms with Crippen molar-refractivity contribution in [2.75, 3.05) is 5.32 Å². The van der Waals surface area contributed by atoms with Crippen molar-refractivity contribution in [1.29, 1.82) is 0 Å². The number of aromatic nitrogens is 1. The highest BCUT2D eigenvalue weighted by Gasteiger charge is 2.12. The SMILES string of the molecule is CCCn1cccc1C(=O)Nc1cccc(Cl)c1Br. The molecule has 0 atom stereocenters. The van der Waals surface area contributed by atoms with Crippen LogP contribution in [0.1, 0.15) is 23.8 Å². The van der Waals surface area contributed by atoms with Crippen LogP contribution in [0.5, 0.6) is 0 Å². The van der Waals surface area contributed by atoms with Gasteiger partial charge in [0.15, 0.2) is 0 Å². The van der Waals surface area contributed by atoms with E-state index in [1.165, 1.54) is 0 Å². The van der Waals surface area contributed by atoms with E-state index in [-0.39, 0.29) is 5.91 Å². The molecule has 0 saturated heterocycles. The second-order valence-corrected chi connectivity index (χ2v) is 5.34. The van der Waals surface area contributed by atoms with Gasteiger partial charge in [0.1, 0.15) is 5.69 Å². The summed E-state index contributed by atoms with van der Waals surface area (Å²) in [5.74, 6) is -0.138. The zero-order valence-corrected chi connectivity index (χ0v) is 12.8. The standard InChI is InChI=1S/C14H14BrClN2O/c1-2-8-18-9-4-7-12(18)14(19)17-11-6-3-5-10(16)13(11)15/h3-7,9H,2,8H2,1H3,(H,17,19). The van der Waals surface area contributed by atoms with Crippen molar-refractivity contribution in [3.05, 3.63) is 51.7 Å². The molecule has 2 rings (SSSR count). The monoisotopic (exact) mass is 340 g/mol. The largest absolute Gasteiger partial charge is 0.344 e. The van der Waals surface area contributed by atoms with Gasteiger partial charge >= 0.3 is 0 Å². The average molecular weight is 342 g/mol. The van der Waals surface area contributed by atoms with Gasteiger partial charge in [-0.3, -0.25) is 4.79 Å². The summed E-state index contributed by atoms with van der Waals surface area (Å²) in [6.07, 6.45) is 2.89. The van der Waals surface area contributed by atoms with Crippen LogP contribution >= 0.6 is 27.5 Å². The first-order valence-electron chi connectivity index (χ1n) is 6.04. The molecule has 1 N–H and O–H groups in total. The summed E-state index contributed by atoms with van der Waals surface area (Å²) in [6.45, 7) is 2.90. The summed E-state index contributed by atoms with van der Waals surface area (Å²) >= 11 is 9.37. The molecular formula is C14H14BrClN2O. The van der Waals surface area contributed by atoms with E-state index in [2.05, 4.69) is 28.2 Å². The molecule has 1 heterocycles. The van der Waals surface area contributed by atoms with Crippen molar-refractivity contribution < 1.29 is 4.79 Å². The Kier molecular flexibility index (Phi) is 4.66. The minimum absolute atomic E-state index is 0.138. The molecule has 0 saturated carbocycles. The lowest BCUT2D eigenvalue weighted by molar-refractivity contribution is 0.101. The van der Waals surface area contributed by atoms with Crippen molar-refractivity contribution in [3.63, 3.8) is 0 Å². The lowest BCUT2D eigenvalue weighted by Crippen LogP contribution is -2.17. The first kappa shape index (κ1) is 14.2. The molecule has 1 aromatic carbocycles. The second kappa shape index (κ2) is 6.26. The highest BCUT2D eigenvalue weighted by molar-refractivity contribution is 9.10. The number of anilines is 1. The first-order valence-corrected chi connectivity index (χ1v) is 7.21. The molecule has 0 radical (unpaired) electrons. The molecular weight excluding hydrogens is 328 g/mol. The van der Waals surface area contributed by atoms with Gasteiger partial charge in [0.25, 0.3) is 5.91 Å². The predicted octanol–water partition coefficient (Wildman–Crippen LogP) is 4.57. The van der Waals surface area contributed by atoms with Gasteiger partial charge in [0, 0.05) is 12.7 Å². The Labute approximate surface area is 125 Å². The number of amides is 1. The Hall–Kier alpha value is -1.26. The third-order valence-electron chi connectivity index (χ3n) is 2.73. The smallest absolute Gasteiger partial charge is 0.272 e. The molecule has 5 heteroatoms. The van der Waals surface area contributed by atoms with Crippen LogP contribution in [0.15, 0.2) is 41.0 Å². The van der Waals surface area contributed by atoms with E-state index in [1.807, 2.05) is 22.9 Å². The summed E-state index contributed by atoms with van der Waals surface area (Å²) in [7, 11) is 0. The maximum Gasteiger partial charge on any atom is 0.272 e. The van der Waals surface area contributed by atoms with Crippen LogP contribution in [-0.2, 0) is 6.54 Å². The molecule has 0 fully saturated rings. The number of aryl methyl sites for hydroxylation is 1. The van der Waals surface area contributed by atoms with Crippen LogP contribution < -0.4 is 5.32 Å². The molecule has 0 aliphatic rings. The Morgan fingerprint density at radius 3 is 2.89 bits per heavy atom. The summed E-state index contributed by atoms with van der Waals surface area (Å²) in [5.41, 5.74) is 1.32. The molecule has 0 unspecified atom stereocenters. The van der Waals surface area contributed by atoms with E-state index in [1.54, 1.807) is 18.2 Å². The number of hydrogen-bond donors (Lipinski definition) is 1. The fraction of sp³-hybridized carbons (Fsp3) is 0.214. The maximum absolute atomic E-state index is 12.2. The third-order valence-corrected chi connectivity index (χ3v) is 4.12. The number of halogens is 2. The number of carbonyl (C=O) groups excluding carboxylic acids is 1. The minimum Gasteiger partial charge on any atom is -0.344 e. The van der Waals surface area contributed by atoms with Crippen LogP contribution in [0.2, 0.25) is 5.02 Å². The van der Waals surface area contributed by atoms with E-state index in [9.17, 15) is 4.79 Å². The van der Waals surface area contributed by atoms with Gasteiger partial charge < -0.3 is 9.88 Å². The summed E-state index contributed by atoms with van der Waals surface area (Å²) < 4.78 is 2.63. The first-order chi connectivity index (χ1) is 9.13. The number of nitrogens with zero attached hydrogens (tertiary/aromatic N) is 1. The van der Waals surface area contributed by atoms with Crippen molar-refractivity contribution in [2.45, 2.75) is 19.9 Å². The van der Waals surface area contributed by atoms with Gasteiger partial charge in [0.2, 0.25) is 0 Å². The fourth-order valence-corrected chi connectivity index (χ4v) is 2.38. The highest BCUT2D eigenvalue weighted by Crippen LogP contribution is 2.30. The van der Waals surface area contributed by atoms with Crippen LogP contribution in [0.4, 0.5) is 5.69 Å². The Morgan fingerprint density at radius 1 is 1.37 bits per heavy atom. The number of hydrogen-bond acceptors (Lipinski definition) is 1. The second-order valence-electron chi connectivity index (χ2n) is 4.14. The van der Waals surface area contributed by atoms with Gasteiger partial charge in [-0.15, -0.1) is 0 Å². The van der Waals surface area contributed by atoms with Gasteiger partial charge in [-0.05, 0) is 46.6 Å². The van der Waals surface area contributed by atoms with E-state index in [0.29, 0.717) is 20.9 Å². The molecule has 0 bridgehead atoms. The quantitative estimate of drug-likeness (QED) is 0.868. The summed E-state index contributed by atoms with van der Waals surface area (Å²) in [4.78, 5) is 12.2. The van der Waals surface area contributed by atoms with Crippen molar-refractivity contribution >= 4 is 39.1 Å². The molecule has 2 aromatic rings. The summed E-state index contributed by atoms with van der Waals surface area (Å²) in [6, 6.07) is 9.05. The lowest BCUT2D eigenvalue weighted by Gasteiger charge is -2.10. The molecule has 1 amide bonds. The van der Waals surface area contributed by atoms with Crippen LogP contribution in [0.25, 0.3) is 0 Å². The number of benzene rings is 1. The van der Waals surface area contributed by atoms with E-state index in [0.717, 1.165) is 13.0 Å². The lowest BCUT2D eigenvalue weighted by atomic mass is 10.3. The Morgan fingerprint density at radius 2 is 2.16 bits per heavy atom. The molecule has 0 aliphatic heterocycles. The number of rotatable bonds is 4. The van der Waals surface area contributed by atoms with E-state index in [4.69, 9.17) is 11.6 Å². The summed E-state index contributed by atoms with van der Waals surface area (Å²) in [5, 5.41) is 3.43. The highest BCUT2D eigenvalue weighted by atomic mass is 79.9. The van der Waals surface area contributed by atoms with Crippen LogP contribution in [0.3, 0.4) is 0 Å². The zero-order valence-electron chi connectivity index (χ0n) is 10.5. The van der Waals surface area contributed by atoms with E-state index >= 15 is 0 Å². The molecule has 100 valence electrons. The van der Waals surface area contributed by atoms with Crippen LogP contribution in [-0.4, -0.2) is 10.5 Å². The zero-order chi connectivity index (χ0) is 13.8. The van der Waals surface area contributed by atoms with E-state index < -0.39 is 0 Å². The molecule has 1 aromatic heterocycles. The van der Waals surface area contributed by atoms with Crippen molar-refractivity contribution in [2.24, 2.45) is 0 Å². The molecule has 3 nitrogen and oxygen atoms in total. The normalized spacial score (nSPS) is 10.5. The molecule has 19 heavy (non-hydrogen) atoms. The molecule has 0 spiro atoms. The number of carbonyl (C=O) groups is 1. The van der Waals surface area contributed by atoms with Crippen molar-refractivity contribution in [1.82, 2.24) is 4.57 Å². The topological polar surface area (TPSA) is 34.0 Å². The van der Waals surface area contributed by atoms with Crippen LogP contribution in [0, 0.1) is 0 Å². The van der Waals surface area contributed by atoms with Crippen molar-refractivity contribution in [3.8, 4) is 0 Å². The van der Waals surface area contributed by atoms with Gasteiger partial charge in [-0.1, -0.05) is 24.6 Å². The Bertz CT molecular complexity index is 595. The number of nitrogens with one attached hydrogen (secondary N) is 1. The molecule has 0 aliphatic carbocycles. The van der Waals surface area contributed by atoms with Gasteiger partial charge in [-0.2, -0.15) is 0 Å². The third kappa shape index (κ3) is 3.19. The maximum atomic E-state index is 12.2.